The van der Waals surface area contributed by atoms with E-state index in [0.717, 1.165) is 5.69 Å². The van der Waals surface area contributed by atoms with Crippen molar-refractivity contribution in [2.75, 3.05) is 38.8 Å². The number of carboxylic acid groups (broad SMARTS) is 2. The van der Waals surface area contributed by atoms with Gasteiger partial charge in [0.05, 0.1) is 48.7 Å². The topological polar surface area (TPSA) is 203 Å². The predicted octanol–water partition coefficient (Wildman–Crippen LogP) is 4.83. The van der Waals surface area contributed by atoms with Gasteiger partial charge in [-0.25, -0.2) is 0 Å². The number of anilines is 1. The van der Waals surface area contributed by atoms with Crippen LogP contribution in [-0.4, -0.2) is 85.8 Å². The van der Waals surface area contributed by atoms with Crippen LogP contribution in [0.3, 0.4) is 0 Å². The van der Waals surface area contributed by atoms with Gasteiger partial charge in [0.2, 0.25) is 0 Å². The summed E-state index contributed by atoms with van der Waals surface area (Å²) in [4.78, 5) is 93.1. The minimum absolute atomic E-state index is 0.0394. The summed E-state index contributed by atoms with van der Waals surface area (Å²) in [5, 5.41) is 23.9. The van der Waals surface area contributed by atoms with Crippen molar-refractivity contribution < 1.29 is 58.0 Å². The van der Waals surface area contributed by atoms with Crippen LogP contribution in [0.1, 0.15) is 91.9 Å². The van der Waals surface area contributed by atoms with Crippen molar-refractivity contribution in [3.05, 3.63) is 29.8 Å². The first-order chi connectivity index (χ1) is 24.4. The summed E-state index contributed by atoms with van der Waals surface area (Å²) >= 11 is 0. The van der Waals surface area contributed by atoms with Crippen LogP contribution < -0.4 is 10.2 Å². The molecule has 6 atom stereocenters. The Morgan fingerprint density at radius 1 is 0.811 bits per heavy atom. The lowest BCUT2D eigenvalue weighted by molar-refractivity contribution is -0.171. The number of carbonyl (C=O) groups is 7. The second kappa shape index (κ2) is 18.0. The number of hydrogen-bond donors (Lipinski definition) is 3. The van der Waals surface area contributed by atoms with E-state index in [4.69, 9.17) is 14.2 Å². The first-order valence-electron chi connectivity index (χ1n) is 18.0. The van der Waals surface area contributed by atoms with E-state index in [1.807, 2.05) is 19.0 Å². The van der Waals surface area contributed by atoms with E-state index in [9.17, 15) is 43.8 Å². The summed E-state index contributed by atoms with van der Waals surface area (Å²) in [6, 6.07) is 6.92. The lowest BCUT2D eigenvalue weighted by atomic mass is 9.59. The normalized spacial score (nSPS) is 18.6. The first kappa shape index (κ1) is 44.7. The number of nitrogens with one attached hydrogen (secondary N) is 1. The summed E-state index contributed by atoms with van der Waals surface area (Å²) in [6.45, 7) is 14.4. The maximum absolute atomic E-state index is 13.8. The molecule has 1 aromatic rings. The van der Waals surface area contributed by atoms with Gasteiger partial charge in [-0.1, -0.05) is 61.8 Å². The molecule has 6 unspecified atom stereocenters. The van der Waals surface area contributed by atoms with Crippen LogP contribution in [0.4, 0.5) is 5.69 Å². The van der Waals surface area contributed by atoms with Gasteiger partial charge in [0, 0.05) is 25.3 Å². The fourth-order valence-corrected chi connectivity index (χ4v) is 7.60. The van der Waals surface area contributed by atoms with Crippen LogP contribution in [0.25, 0.3) is 0 Å². The van der Waals surface area contributed by atoms with Crippen molar-refractivity contribution in [3.8, 4) is 0 Å². The highest BCUT2D eigenvalue weighted by atomic mass is 16.6. The molecule has 0 aromatic heterocycles. The van der Waals surface area contributed by atoms with Crippen LogP contribution in [0, 0.1) is 51.8 Å². The Kier molecular flexibility index (Phi) is 15.2. The summed E-state index contributed by atoms with van der Waals surface area (Å²) in [5.74, 6) is -13.7. The highest BCUT2D eigenvalue weighted by Crippen LogP contribution is 2.50. The standard InChI is InChI=1S/C39H58N2O12/c1-12-37(4,5)28(35(49)52-19-18-40-30(42)23-14-16-24(17-15-23)41(10)11)25(31(43)44)21-39(8,9)29(34(48)51-13-2)26(32(45)46)20-38(6,7)27-22(3)33(47)53-36(27)50/h14-17,22,25-29H,12-13,18-21H2,1-11H3,(H,40,42)(H,43,44)(H,45,46). The van der Waals surface area contributed by atoms with E-state index in [-0.39, 0.29) is 38.5 Å². The van der Waals surface area contributed by atoms with E-state index >= 15 is 0 Å². The number of amides is 1. The molecule has 1 saturated heterocycles. The zero-order chi connectivity index (χ0) is 40.6. The van der Waals surface area contributed by atoms with E-state index in [1.165, 1.54) is 6.92 Å². The van der Waals surface area contributed by atoms with Gasteiger partial charge in [0.1, 0.15) is 6.61 Å². The number of esters is 4. The molecule has 0 aliphatic carbocycles. The molecule has 1 aliphatic heterocycles. The van der Waals surface area contributed by atoms with Crippen molar-refractivity contribution in [2.45, 2.75) is 81.6 Å². The van der Waals surface area contributed by atoms with E-state index in [2.05, 4.69) is 5.32 Å². The summed E-state index contributed by atoms with van der Waals surface area (Å²) < 4.78 is 15.8. The number of nitrogens with zero attached hydrogens (tertiary/aromatic N) is 1. The molecule has 0 spiro atoms. The molecular weight excluding hydrogens is 688 g/mol. The Balaban J connectivity index is 2.41. The second-order valence-corrected chi connectivity index (χ2v) is 16.2. The molecule has 1 amide bonds. The van der Waals surface area contributed by atoms with Crippen molar-refractivity contribution >= 4 is 47.4 Å². The van der Waals surface area contributed by atoms with E-state index in [1.54, 1.807) is 79.7 Å². The third-order valence-corrected chi connectivity index (χ3v) is 10.8. The summed E-state index contributed by atoms with van der Waals surface area (Å²) in [6.07, 6.45) is -0.195. The molecule has 2 rings (SSSR count). The number of hydrogen-bond acceptors (Lipinski definition) is 11. The number of cyclic esters (lactones) is 2. The van der Waals surface area contributed by atoms with Gasteiger partial charge in [-0.15, -0.1) is 0 Å². The molecule has 1 heterocycles. The third kappa shape index (κ3) is 11.0. The molecule has 0 bridgehead atoms. The third-order valence-electron chi connectivity index (χ3n) is 10.8. The Morgan fingerprint density at radius 2 is 1.32 bits per heavy atom. The number of benzene rings is 1. The first-order valence-corrected chi connectivity index (χ1v) is 18.0. The number of rotatable bonds is 20. The number of carbonyl (C=O) groups excluding carboxylic acids is 5. The van der Waals surface area contributed by atoms with Crippen molar-refractivity contribution in [1.82, 2.24) is 5.32 Å². The minimum atomic E-state index is -1.48. The number of ether oxygens (including phenoxy) is 3. The van der Waals surface area contributed by atoms with Gasteiger partial charge in [-0.05, 0) is 60.3 Å². The van der Waals surface area contributed by atoms with Gasteiger partial charge in [-0.2, -0.15) is 0 Å². The fraction of sp³-hybridized carbons (Fsp3) is 0.667. The lowest BCUT2D eigenvalue weighted by Gasteiger charge is -2.43. The Hall–Kier alpha value is -4.49. The van der Waals surface area contributed by atoms with Crippen molar-refractivity contribution in [2.24, 2.45) is 51.8 Å². The van der Waals surface area contributed by atoms with Crippen LogP contribution in [0.2, 0.25) is 0 Å². The highest BCUT2D eigenvalue weighted by Gasteiger charge is 2.55. The molecule has 14 heteroatoms. The molecule has 1 fully saturated rings. The van der Waals surface area contributed by atoms with E-state index in [0.29, 0.717) is 12.0 Å². The molecule has 0 saturated carbocycles. The maximum Gasteiger partial charge on any atom is 0.318 e. The number of aliphatic carboxylic acids is 2. The minimum Gasteiger partial charge on any atom is -0.481 e. The second-order valence-electron chi connectivity index (χ2n) is 16.2. The lowest BCUT2D eigenvalue weighted by Crippen LogP contribution is -2.48. The zero-order valence-corrected chi connectivity index (χ0v) is 32.9. The molecule has 1 aliphatic rings. The van der Waals surface area contributed by atoms with Crippen LogP contribution in [0.15, 0.2) is 24.3 Å². The van der Waals surface area contributed by atoms with Gasteiger partial charge in [-0.3, -0.25) is 33.6 Å². The summed E-state index contributed by atoms with van der Waals surface area (Å²) in [5.41, 5.74) is -2.14. The van der Waals surface area contributed by atoms with Gasteiger partial charge >= 0.3 is 35.8 Å². The maximum atomic E-state index is 13.8. The van der Waals surface area contributed by atoms with Crippen LogP contribution in [-0.2, 0) is 43.0 Å². The predicted molar refractivity (Wildman–Crippen MR) is 195 cm³/mol. The smallest absolute Gasteiger partial charge is 0.318 e. The average molecular weight is 747 g/mol. The Morgan fingerprint density at radius 3 is 1.77 bits per heavy atom. The summed E-state index contributed by atoms with van der Waals surface area (Å²) in [7, 11) is 3.75. The highest BCUT2D eigenvalue weighted by molar-refractivity contribution is 5.97. The van der Waals surface area contributed by atoms with Crippen LogP contribution in [0.5, 0.6) is 0 Å². The molecule has 296 valence electrons. The van der Waals surface area contributed by atoms with Crippen LogP contribution >= 0.6 is 0 Å². The zero-order valence-electron chi connectivity index (χ0n) is 32.9. The van der Waals surface area contributed by atoms with E-state index < -0.39 is 87.6 Å². The van der Waals surface area contributed by atoms with Gasteiger partial charge in [0.15, 0.2) is 0 Å². The molecule has 53 heavy (non-hydrogen) atoms. The molecule has 3 N–H and O–H groups in total. The molecule has 1 aromatic carbocycles. The molecule has 14 nitrogen and oxygen atoms in total. The average Bonchev–Trinajstić information content (AvgIpc) is 3.32. The molecular formula is C39H58N2O12. The quantitative estimate of drug-likeness (QED) is 0.0710. The number of carboxylic acids is 2. The van der Waals surface area contributed by atoms with Gasteiger partial charge in [0.25, 0.3) is 5.91 Å². The Labute approximate surface area is 312 Å². The van der Waals surface area contributed by atoms with Gasteiger partial charge < -0.3 is 34.6 Å². The van der Waals surface area contributed by atoms with Crippen molar-refractivity contribution in [3.63, 3.8) is 0 Å². The SMILES string of the molecule is CCOC(=O)C(C(CC(C)(C)C1C(=O)OC(=O)C1C)C(=O)O)C(C)(C)CC(C(=O)O)C(C(=O)OCCNC(=O)c1ccc(N(C)C)cc1)C(C)(C)CC. The fourth-order valence-electron chi connectivity index (χ4n) is 7.60. The Bertz CT molecular complexity index is 1510. The molecule has 0 radical (unpaired) electrons. The monoisotopic (exact) mass is 746 g/mol. The largest absolute Gasteiger partial charge is 0.481 e. The van der Waals surface area contributed by atoms with Crippen molar-refractivity contribution in [1.29, 1.82) is 0 Å².